The van der Waals surface area contributed by atoms with E-state index in [9.17, 15) is 4.79 Å². The fourth-order valence-electron chi connectivity index (χ4n) is 3.73. The van der Waals surface area contributed by atoms with Crippen molar-refractivity contribution in [2.45, 2.75) is 19.4 Å². The maximum atomic E-state index is 12.8. The maximum absolute atomic E-state index is 12.8. The van der Waals surface area contributed by atoms with E-state index in [1.54, 1.807) is 31.5 Å². The number of nitrogens with zero attached hydrogens (tertiary/aromatic N) is 2. The fraction of sp³-hybridized carbons (Fsp3) is 0.304. The number of carbonyl (C=O) groups is 1. The van der Waals surface area contributed by atoms with Crippen molar-refractivity contribution in [3.05, 3.63) is 59.8 Å². The number of esters is 1. The summed E-state index contributed by atoms with van der Waals surface area (Å²) in [6.07, 6.45) is 4.21. The molecule has 0 unspecified atom stereocenters. The van der Waals surface area contributed by atoms with Gasteiger partial charge in [-0.3, -0.25) is 9.88 Å². The molecule has 0 atom stereocenters. The normalized spacial score (nSPS) is 14.1. The highest BCUT2D eigenvalue weighted by Crippen LogP contribution is 2.31. The van der Waals surface area contributed by atoms with E-state index in [1.165, 1.54) is 25.5 Å². The molecule has 29 heavy (non-hydrogen) atoms. The van der Waals surface area contributed by atoms with E-state index in [0.717, 1.165) is 25.0 Å². The minimum atomic E-state index is -0.497. The van der Waals surface area contributed by atoms with E-state index in [-0.39, 0.29) is 0 Å². The van der Waals surface area contributed by atoms with E-state index in [0.29, 0.717) is 28.3 Å². The van der Waals surface area contributed by atoms with Gasteiger partial charge in [-0.2, -0.15) is 0 Å². The topological polar surface area (TPSA) is 60.9 Å². The molecule has 1 saturated heterocycles. The van der Waals surface area contributed by atoms with Gasteiger partial charge in [0.25, 0.3) is 0 Å². The van der Waals surface area contributed by atoms with Crippen LogP contribution in [0, 0.1) is 0 Å². The van der Waals surface area contributed by atoms with Gasteiger partial charge in [0, 0.05) is 24.2 Å². The zero-order chi connectivity index (χ0) is 20.2. The molecule has 2 heterocycles. The van der Waals surface area contributed by atoms with E-state index in [4.69, 9.17) is 14.2 Å². The molecule has 0 bridgehead atoms. The summed E-state index contributed by atoms with van der Waals surface area (Å²) in [6.45, 7) is 3.12. The number of aromatic nitrogens is 1. The first kappa shape index (κ1) is 19.2. The predicted molar refractivity (Wildman–Crippen MR) is 111 cm³/mol. The van der Waals surface area contributed by atoms with Crippen LogP contribution in [0.1, 0.15) is 28.8 Å². The molecule has 0 N–H and O–H groups in total. The lowest BCUT2D eigenvalue weighted by molar-refractivity contribution is 0.0733. The summed E-state index contributed by atoms with van der Waals surface area (Å²) in [5.41, 5.74) is 2.21. The number of hydrogen-bond acceptors (Lipinski definition) is 6. The van der Waals surface area contributed by atoms with Gasteiger partial charge in [-0.1, -0.05) is 12.1 Å². The van der Waals surface area contributed by atoms with Crippen molar-refractivity contribution in [1.29, 1.82) is 0 Å². The molecule has 150 valence electrons. The lowest BCUT2D eigenvalue weighted by Gasteiger charge is -2.17. The van der Waals surface area contributed by atoms with Crippen molar-refractivity contribution >= 4 is 16.9 Å². The second-order valence-electron chi connectivity index (χ2n) is 7.06. The Labute approximate surface area is 170 Å². The molecule has 1 fully saturated rings. The summed E-state index contributed by atoms with van der Waals surface area (Å²) in [5.74, 6) is 0.950. The van der Waals surface area contributed by atoms with Crippen molar-refractivity contribution in [2.75, 3.05) is 27.3 Å². The number of ether oxygens (including phenoxy) is 3. The molecule has 4 rings (SSSR count). The quantitative estimate of drug-likeness (QED) is 0.466. The van der Waals surface area contributed by atoms with Crippen LogP contribution >= 0.6 is 0 Å². The lowest BCUT2D eigenvalue weighted by atomic mass is 10.1. The first-order valence-corrected chi connectivity index (χ1v) is 9.73. The van der Waals surface area contributed by atoms with Gasteiger partial charge in [0.15, 0.2) is 5.75 Å². The minimum Gasteiger partial charge on any atom is -0.497 e. The Morgan fingerprint density at radius 1 is 1.03 bits per heavy atom. The summed E-state index contributed by atoms with van der Waals surface area (Å²) >= 11 is 0. The number of rotatable bonds is 6. The van der Waals surface area contributed by atoms with E-state index in [1.807, 2.05) is 24.3 Å². The first-order valence-electron chi connectivity index (χ1n) is 9.73. The number of pyridine rings is 1. The maximum Gasteiger partial charge on any atom is 0.347 e. The molecular weight excluding hydrogens is 368 g/mol. The standard InChI is InChI=1S/C23H24N2O4/c1-27-17-8-9-19(21(14-17)28-2)23(26)29-20-10-7-16(15-25-12-3-4-13-25)18-6-5-11-24-22(18)20/h5-11,14H,3-4,12-13,15H2,1-2H3. The van der Waals surface area contributed by atoms with Gasteiger partial charge >= 0.3 is 5.97 Å². The molecule has 0 aliphatic carbocycles. The van der Waals surface area contributed by atoms with Crippen LogP contribution in [0.2, 0.25) is 0 Å². The van der Waals surface area contributed by atoms with Crippen LogP contribution in [-0.2, 0) is 6.54 Å². The van der Waals surface area contributed by atoms with E-state index in [2.05, 4.69) is 9.88 Å². The molecule has 6 heteroatoms. The SMILES string of the molecule is COc1ccc(C(=O)Oc2ccc(CN3CCCC3)c3cccnc23)c(OC)c1. The molecule has 0 radical (unpaired) electrons. The molecule has 0 spiro atoms. The Kier molecular flexibility index (Phi) is 5.62. The van der Waals surface area contributed by atoms with Crippen LogP contribution < -0.4 is 14.2 Å². The van der Waals surface area contributed by atoms with Crippen LogP contribution in [0.4, 0.5) is 0 Å². The Balaban J connectivity index is 1.64. The second-order valence-corrected chi connectivity index (χ2v) is 7.06. The molecule has 0 amide bonds. The minimum absolute atomic E-state index is 0.332. The van der Waals surface area contributed by atoms with Crippen LogP contribution in [-0.4, -0.2) is 43.2 Å². The Bertz CT molecular complexity index is 1030. The average Bonchev–Trinajstić information content (AvgIpc) is 3.28. The number of benzene rings is 2. The van der Waals surface area contributed by atoms with E-state index < -0.39 is 5.97 Å². The number of hydrogen-bond donors (Lipinski definition) is 0. The molecule has 1 aliphatic heterocycles. The van der Waals surface area contributed by atoms with Gasteiger partial charge in [0.1, 0.15) is 22.6 Å². The molecule has 6 nitrogen and oxygen atoms in total. The van der Waals surface area contributed by atoms with Gasteiger partial charge in [-0.05, 0) is 55.8 Å². The number of fused-ring (bicyclic) bond motifs is 1. The number of carbonyl (C=O) groups excluding carboxylic acids is 1. The summed E-state index contributed by atoms with van der Waals surface area (Å²) in [4.78, 5) is 19.7. The lowest BCUT2D eigenvalue weighted by Crippen LogP contribution is -2.18. The monoisotopic (exact) mass is 392 g/mol. The smallest absolute Gasteiger partial charge is 0.347 e. The van der Waals surface area contributed by atoms with Gasteiger partial charge in [0.05, 0.1) is 14.2 Å². The van der Waals surface area contributed by atoms with Crippen LogP contribution in [0.3, 0.4) is 0 Å². The zero-order valence-electron chi connectivity index (χ0n) is 16.7. The molecule has 3 aromatic rings. The van der Waals surface area contributed by atoms with Crippen molar-refractivity contribution in [3.63, 3.8) is 0 Å². The summed E-state index contributed by atoms with van der Waals surface area (Å²) in [6, 6.07) is 12.8. The largest absolute Gasteiger partial charge is 0.497 e. The molecule has 2 aromatic carbocycles. The second kappa shape index (κ2) is 8.49. The van der Waals surface area contributed by atoms with Gasteiger partial charge in [-0.25, -0.2) is 4.79 Å². The molecule has 1 aliphatic rings. The summed E-state index contributed by atoms with van der Waals surface area (Å²) in [5, 5.41) is 1.01. The average molecular weight is 392 g/mol. The molecular formula is C23H24N2O4. The van der Waals surface area contributed by atoms with E-state index >= 15 is 0 Å². The summed E-state index contributed by atoms with van der Waals surface area (Å²) in [7, 11) is 3.07. The predicted octanol–water partition coefficient (Wildman–Crippen LogP) is 4.07. The highest BCUT2D eigenvalue weighted by atomic mass is 16.5. The van der Waals surface area contributed by atoms with Crippen LogP contribution in [0.25, 0.3) is 10.9 Å². The van der Waals surface area contributed by atoms with Crippen LogP contribution in [0.15, 0.2) is 48.7 Å². The van der Waals surface area contributed by atoms with Crippen LogP contribution in [0.5, 0.6) is 17.2 Å². The van der Waals surface area contributed by atoms with Gasteiger partial charge < -0.3 is 14.2 Å². The zero-order valence-corrected chi connectivity index (χ0v) is 16.7. The van der Waals surface area contributed by atoms with Crippen molar-refractivity contribution in [3.8, 4) is 17.2 Å². The third-order valence-corrected chi connectivity index (χ3v) is 5.25. The Morgan fingerprint density at radius 3 is 2.62 bits per heavy atom. The Hall–Kier alpha value is -3.12. The fourth-order valence-corrected chi connectivity index (χ4v) is 3.73. The van der Waals surface area contributed by atoms with Crippen molar-refractivity contribution < 1.29 is 19.0 Å². The number of likely N-dealkylation sites (tertiary alicyclic amines) is 1. The number of methoxy groups -OCH3 is 2. The highest BCUT2D eigenvalue weighted by molar-refractivity contribution is 5.97. The highest BCUT2D eigenvalue weighted by Gasteiger charge is 2.19. The van der Waals surface area contributed by atoms with Crippen molar-refractivity contribution in [2.24, 2.45) is 0 Å². The first-order chi connectivity index (χ1) is 14.2. The van der Waals surface area contributed by atoms with Crippen molar-refractivity contribution in [1.82, 2.24) is 9.88 Å². The third kappa shape index (κ3) is 4.03. The summed E-state index contributed by atoms with van der Waals surface area (Å²) < 4.78 is 16.2. The van der Waals surface area contributed by atoms with Gasteiger partial charge in [0.2, 0.25) is 0 Å². The molecule has 0 saturated carbocycles. The Morgan fingerprint density at radius 2 is 1.86 bits per heavy atom. The van der Waals surface area contributed by atoms with Gasteiger partial charge in [-0.15, -0.1) is 0 Å². The molecule has 1 aromatic heterocycles. The third-order valence-electron chi connectivity index (χ3n) is 5.25.